The number of likely N-dealkylation sites (tertiary alicyclic amines) is 1. The number of likely N-dealkylation sites (N-methyl/N-ethyl adjacent to an activating group) is 1. The van der Waals surface area contributed by atoms with Crippen LogP contribution in [-0.2, 0) is 17.8 Å². The molecule has 1 atom stereocenters. The zero-order chi connectivity index (χ0) is 84.9. The molecule has 0 saturated carbocycles. The lowest BCUT2D eigenvalue weighted by Crippen LogP contribution is -2.55. The van der Waals surface area contributed by atoms with E-state index < -0.39 is 4.75 Å². The summed E-state index contributed by atoms with van der Waals surface area (Å²) >= 11 is 18.5. The van der Waals surface area contributed by atoms with Crippen molar-refractivity contribution in [2.75, 3.05) is 99.0 Å². The third kappa shape index (κ3) is 34.7. The molecule has 10 rings (SSSR count). The number of nitrogens with one attached hydrogen (secondary N) is 3. The van der Waals surface area contributed by atoms with E-state index in [4.69, 9.17) is 33.7 Å². The molecule has 7 heterocycles. The Morgan fingerprint density at radius 1 is 0.679 bits per heavy atom. The second kappa shape index (κ2) is 45.7. The highest BCUT2D eigenvalue weighted by molar-refractivity contribution is 8.00. The maximum atomic E-state index is 12.7. The molecule has 32 heteroatoms. The largest absolute Gasteiger partial charge is 0.426 e. The number of fused-ring (bicyclic) bond motifs is 3. The van der Waals surface area contributed by atoms with Crippen LogP contribution in [0.25, 0.3) is 0 Å². The number of piperidine rings is 4. The highest BCUT2D eigenvalue weighted by Gasteiger charge is 2.47. The number of amides is 1. The number of rotatable bonds is 27. The van der Waals surface area contributed by atoms with Crippen molar-refractivity contribution in [2.24, 2.45) is 34.4 Å². The van der Waals surface area contributed by atoms with E-state index >= 15 is 0 Å². The summed E-state index contributed by atoms with van der Waals surface area (Å²) in [6, 6.07) is 23.5. The molecule has 112 heavy (non-hydrogen) atoms. The van der Waals surface area contributed by atoms with Gasteiger partial charge in [-0.2, -0.15) is 10.1 Å². The van der Waals surface area contributed by atoms with Gasteiger partial charge in [-0.3, -0.25) is 14.6 Å². The molecule has 3 aromatic carbocycles. The van der Waals surface area contributed by atoms with Crippen LogP contribution in [0.1, 0.15) is 179 Å². The van der Waals surface area contributed by atoms with Gasteiger partial charge in [0.1, 0.15) is 5.75 Å². The van der Waals surface area contributed by atoms with Crippen molar-refractivity contribution in [1.82, 2.24) is 45.3 Å². The number of para-hydroxylation sites is 2. The fourth-order valence-corrected chi connectivity index (χ4v) is 16.2. The summed E-state index contributed by atoms with van der Waals surface area (Å²) in [5.74, 6) is 0.766. The van der Waals surface area contributed by atoms with Gasteiger partial charge in [-0.25, -0.2) is 4.40 Å². The van der Waals surface area contributed by atoms with Crippen molar-refractivity contribution in [3.63, 3.8) is 0 Å². The second-order valence-electron chi connectivity index (χ2n) is 34.5. The van der Waals surface area contributed by atoms with Crippen molar-refractivity contribution in [1.29, 1.82) is 0 Å². The van der Waals surface area contributed by atoms with Crippen molar-refractivity contribution in [2.45, 2.75) is 222 Å². The first-order valence-corrected chi connectivity index (χ1v) is 42.1. The highest BCUT2D eigenvalue weighted by atomic mass is 35.5. The van der Waals surface area contributed by atoms with Gasteiger partial charge in [-0.05, 0) is 301 Å². The number of hydrogen-bond acceptors (Lipinski definition) is 29. The Morgan fingerprint density at radius 3 is 1.65 bits per heavy atom. The van der Waals surface area contributed by atoms with Gasteiger partial charge in [0.15, 0.2) is 0 Å². The summed E-state index contributed by atoms with van der Waals surface area (Å²) in [6.45, 7) is 51.9. The number of carbonyl (C=O) groups excluding carboxylic acids is 2. The molecule has 626 valence electrons. The Balaban J connectivity index is 0.000000359. The summed E-state index contributed by atoms with van der Waals surface area (Å²) in [6.07, 6.45) is 12.2. The Morgan fingerprint density at radius 2 is 1.21 bits per heavy atom. The minimum atomic E-state index is -0.403. The molecule has 1 amide bonds. The van der Waals surface area contributed by atoms with E-state index in [-0.39, 0.29) is 60.2 Å². The third-order valence-electron chi connectivity index (χ3n) is 19.4. The fourth-order valence-electron chi connectivity index (χ4n) is 13.0. The number of halogens is 2. The van der Waals surface area contributed by atoms with Crippen LogP contribution in [0.15, 0.2) is 137 Å². The molecule has 1 aromatic heterocycles. The summed E-state index contributed by atoms with van der Waals surface area (Å²) in [7, 11) is 8.19. The van der Waals surface area contributed by atoms with Crippen LogP contribution in [-0.4, -0.2) is 209 Å². The molecule has 25 nitrogen and oxygen atoms in total. The molecule has 7 N–H and O–H groups in total. The van der Waals surface area contributed by atoms with Gasteiger partial charge in [0.05, 0.1) is 59.4 Å². The van der Waals surface area contributed by atoms with Gasteiger partial charge >= 0.3 is 5.97 Å². The molecule has 2 bridgehead atoms. The maximum Gasteiger partial charge on any atom is 0.315 e. The summed E-state index contributed by atoms with van der Waals surface area (Å²) in [4.78, 5) is 78.0. The highest BCUT2D eigenvalue weighted by Crippen LogP contribution is 2.45. The molecule has 6 aliphatic rings. The van der Waals surface area contributed by atoms with Crippen LogP contribution in [0.2, 0.25) is 10.0 Å². The van der Waals surface area contributed by atoms with E-state index in [1.54, 1.807) is 60.6 Å². The van der Waals surface area contributed by atoms with E-state index in [0.29, 0.717) is 58.0 Å². The quantitative estimate of drug-likeness (QED) is 0.00807. The average molecular weight is 1690 g/mol. The Labute approximate surface area is 699 Å². The molecule has 4 saturated heterocycles. The van der Waals surface area contributed by atoms with Crippen LogP contribution in [0, 0.1) is 25.5 Å². The fraction of sp³-hybridized carbons (Fsp3) is 0.625. The Kier molecular flexibility index (Phi) is 41.3. The van der Waals surface area contributed by atoms with Crippen LogP contribution >= 0.6 is 82.9 Å². The van der Waals surface area contributed by atoms with Crippen molar-refractivity contribution >= 4 is 113 Å². The standard InChI is InChI=1S/C26H27Cl2N3O3S.C11H22N2O.C10H13N3O2S.C9H18N2O.C9H16N2S.C8H18N2OS.C7H14N2OS/c1-26(2,35-30-33)17-31(3)16-18-11-13-20(14-12-18)34-24(32)15-19-7-4-5-10-23(19)29-25-21(27)8-6-9-22(25)28;1-10(2)7-9(8-12(5)6)11(3,4)13(10)14;1-10(2,16-13-15)7-12-9(14)8-4-3-5-11-6-8;1-8(2)5-7(6-10)9(3,4)11(8)12;1-9(12-10-2)7-11-5-3-8(9)4-6-11;1-7(2,3)9-6-8(4,5)12-10-11;1-7(11-8-10)3-5-9(2)6-4-7/h4-14,29H,15-17H2,1-3H3;7,14H,8H2,1-6H3;3-6H,7H2,1-2H3,(H,12,14);5,12H,6,10H2,1-4H3;8H,2-7H2,1H3;9H,6H2,1-5H3;3-6H2,1-2H3. The number of nitroso groups, excluding NO2 is 4. The minimum Gasteiger partial charge on any atom is -0.426 e. The van der Waals surface area contributed by atoms with Gasteiger partial charge in [0, 0.05) is 150 Å². The monoisotopic (exact) mass is 1690 g/mol. The van der Waals surface area contributed by atoms with Crippen LogP contribution in [0.5, 0.6) is 5.75 Å². The van der Waals surface area contributed by atoms with Crippen LogP contribution in [0.3, 0.4) is 0 Å². The topological polar surface area (TPSA) is 308 Å². The number of esters is 1. The lowest BCUT2D eigenvalue weighted by Gasteiger charge is -2.50. The maximum absolute atomic E-state index is 12.7. The lowest BCUT2D eigenvalue weighted by molar-refractivity contribution is -0.185. The zero-order valence-electron chi connectivity index (χ0n) is 70.4. The number of hydroxylamine groups is 4. The first kappa shape index (κ1) is 101. The Hall–Kier alpha value is -4.97. The number of ether oxygens (including phenoxy) is 1. The summed E-state index contributed by atoms with van der Waals surface area (Å²) in [5.41, 5.74) is 10.6. The van der Waals surface area contributed by atoms with Gasteiger partial charge in [-0.1, -0.05) is 71.8 Å². The number of aromatic nitrogens is 1. The molecule has 4 aromatic rings. The minimum absolute atomic E-state index is 0.0766. The number of nitrogens with zero attached hydrogens (tertiary/aromatic N) is 12. The van der Waals surface area contributed by atoms with Gasteiger partial charge in [0.2, 0.25) is 0 Å². The first-order chi connectivity index (χ1) is 51.9. The van der Waals surface area contributed by atoms with E-state index in [1.165, 1.54) is 66.3 Å². The predicted molar refractivity (Wildman–Crippen MR) is 476 cm³/mol. The smallest absolute Gasteiger partial charge is 0.315 e. The molecule has 0 radical (unpaired) electrons. The molecule has 0 aliphatic carbocycles. The molecule has 6 aliphatic heterocycles. The van der Waals surface area contributed by atoms with E-state index in [0.717, 1.165) is 103 Å². The zero-order valence-corrected chi connectivity index (χ0v) is 76.0. The van der Waals surface area contributed by atoms with Crippen LogP contribution < -0.4 is 26.4 Å². The first-order valence-electron chi connectivity index (χ1n) is 37.5. The third-order valence-corrected chi connectivity index (χ3v) is 24.1. The van der Waals surface area contributed by atoms with E-state index in [1.807, 2.05) is 147 Å². The molecule has 1 unspecified atom stereocenters. The van der Waals surface area contributed by atoms with Gasteiger partial charge in [0.25, 0.3) is 5.91 Å². The normalized spacial score (nSPS) is 20.0. The number of nitrogens with two attached hydrogens (primary N) is 1. The number of carbonyl (C=O) groups is 2. The molecular formula is C80H128Cl2N16O9S5. The van der Waals surface area contributed by atoms with E-state index in [9.17, 15) is 39.6 Å². The molecular weight excluding hydrogens is 1560 g/mol. The van der Waals surface area contributed by atoms with Gasteiger partial charge < -0.3 is 56.4 Å². The Bertz CT molecular complexity index is 3670. The second-order valence-corrected chi connectivity index (χ2v) is 42.3. The van der Waals surface area contributed by atoms with Crippen molar-refractivity contribution in [3.8, 4) is 5.75 Å². The lowest BCUT2D eigenvalue weighted by atomic mass is 9.79. The van der Waals surface area contributed by atoms with Gasteiger partial charge in [-0.15, -0.1) is 19.6 Å². The summed E-state index contributed by atoms with van der Waals surface area (Å²) < 4.78 is 20.7. The van der Waals surface area contributed by atoms with Crippen molar-refractivity contribution < 1.29 is 24.7 Å². The van der Waals surface area contributed by atoms with Crippen molar-refractivity contribution in [3.05, 3.63) is 161 Å². The van der Waals surface area contributed by atoms with E-state index in [2.05, 4.69) is 132 Å². The number of hydrogen-bond donors (Lipinski definition) is 6. The van der Waals surface area contributed by atoms with Crippen LogP contribution in [0.4, 0.5) is 11.4 Å². The number of pyridine rings is 1. The average Bonchev–Trinajstić information content (AvgIpc) is 1.65. The predicted octanol–water partition coefficient (Wildman–Crippen LogP) is 18.7. The number of benzene rings is 3. The summed E-state index contributed by atoms with van der Waals surface area (Å²) in [5, 5.41) is 32.9. The number of anilines is 2. The molecule has 0 spiro atoms. The SMILES string of the molecule is C=NSC1(C)CN2CCC1CC2.CC(C)(C)NCC(C)(C)SN=O.CC(C)(CNC(=O)c1cccnc1)SN=O.CC1(C)C=C(CN)C(C)(C)N1O.CN(C)CC1=CC(C)(C)N(O)C1(C)C.CN(Cc1ccc(OC(=O)Cc2ccccc2Nc2c(Cl)cccc2Cl)cc1)CC(C)(C)SN=O.CN1CCC(C)(SN=O)CC1. The molecule has 4 fully saturated rings.